The lowest BCUT2D eigenvalue weighted by molar-refractivity contribution is -0.181. The third-order valence-corrected chi connectivity index (χ3v) is 10.5. The van der Waals surface area contributed by atoms with Gasteiger partial charge in [0.1, 0.15) is 18.0 Å². The summed E-state index contributed by atoms with van der Waals surface area (Å²) in [7, 11) is 0. The molecule has 184 valence electrons. The normalized spacial score (nSPS) is 41.2. The van der Waals surface area contributed by atoms with E-state index in [-0.39, 0.29) is 41.3 Å². The predicted octanol–water partition coefficient (Wildman–Crippen LogP) is 5.18. The maximum absolute atomic E-state index is 13.4. The average molecular weight is 507 g/mol. The summed E-state index contributed by atoms with van der Waals surface area (Å²) in [5.74, 6) is 0.631. The summed E-state index contributed by atoms with van der Waals surface area (Å²) in [5.41, 5.74) is -1.31. The van der Waals surface area contributed by atoms with Crippen molar-refractivity contribution >= 4 is 34.8 Å². The second kappa shape index (κ2) is 8.33. The van der Waals surface area contributed by atoms with Crippen molar-refractivity contribution in [1.82, 2.24) is 0 Å². The lowest BCUT2D eigenvalue weighted by Gasteiger charge is -2.60. The number of benzene rings is 1. The van der Waals surface area contributed by atoms with Crippen molar-refractivity contribution in [3.63, 3.8) is 0 Å². The number of ketones is 2. The van der Waals surface area contributed by atoms with Crippen LogP contribution in [0.3, 0.4) is 0 Å². The molecular weight excluding hydrogens is 475 g/mol. The van der Waals surface area contributed by atoms with Gasteiger partial charge in [-0.25, -0.2) is 0 Å². The molecule has 4 aliphatic rings. The van der Waals surface area contributed by atoms with Crippen molar-refractivity contribution in [2.75, 3.05) is 6.61 Å². The zero-order valence-corrected chi connectivity index (χ0v) is 21.2. The maximum Gasteiger partial charge on any atom is 0.202 e. The zero-order valence-electron chi connectivity index (χ0n) is 19.7. The van der Waals surface area contributed by atoms with E-state index in [2.05, 4.69) is 6.92 Å². The topological polar surface area (TPSA) is 83.8 Å². The molecule has 3 fully saturated rings. The quantitative estimate of drug-likeness (QED) is 0.587. The first-order valence-corrected chi connectivity index (χ1v) is 13.0. The van der Waals surface area contributed by atoms with Gasteiger partial charge in [0.2, 0.25) is 5.78 Å². The third kappa shape index (κ3) is 3.49. The monoisotopic (exact) mass is 506 g/mol. The van der Waals surface area contributed by atoms with Gasteiger partial charge in [0, 0.05) is 17.9 Å². The maximum atomic E-state index is 13.4. The van der Waals surface area contributed by atoms with Crippen LogP contribution in [0.4, 0.5) is 0 Å². The van der Waals surface area contributed by atoms with Crippen molar-refractivity contribution in [1.29, 1.82) is 0 Å². The molecule has 0 radical (unpaired) electrons. The summed E-state index contributed by atoms with van der Waals surface area (Å²) in [6, 6.07) is 4.80. The van der Waals surface area contributed by atoms with Crippen molar-refractivity contribution < 1.29 is 24.5 Å². The van der Waals surface area contributed by atoms with Crippen LogP contribution in [-0.4, -0.2) is 40.1 Å². The molecule has 6 unspecified atom stereocenters. The number of carbonyl (C=O) groups excluding carboxylic acids is 2. The number of Topliss-reactive ketones (excluding diaryl/α,β-unsaturated/α-hetero) is 1. The Morgan fingerprint density at radius 1 is 1.15 bits per heavy atom. The Bertz CT molecular complexity index is 1070. The fourth-order valence-electron chi connectivity index (χ4n) is 7.99. The van der Waals surface area contributed by atoms with Gasteiger partial charge in [0.05, 0.1) is 16.1 Å². The number of ether oxygens (including phenoxy) is 1. The number of hydrogen-bond acceptors (Lipinski definition) is 5. The number of fused-ring (bicyclic) bond motifs is 5. The molecule has 0 saturated heterocycles. The lowest BCUT2D eigenvalue weighted by atomic mass is 9.45. The van der Waals surface area contributed by atoms with Crippen LogP contribution in [-0.2, 0) is 9.59 Å². The second-order valence-corrected chi connectivity index (χ2v) is 12.1. The second-order valence-electron chi connectivity index (χ2n) is 11.3. The van der Waals surface area contributed by atoms with Crippen molar-refractivity contribution in [2.24, 2.45) is 28.6 Å². The van der Waals surface area contributed by atoms with Gasteiger partial charge in [0.15, 0.2) is 5.78 Å². The van der Waals surface area contributed by atoms with Gasteiger partial charge in [-0.1, -0.05) is 42.6 Å². The van der Waals surface area contributed by atoms with Crippen LogP contribution in [0.2, 0.25) is 10.0 Å². The largest absolute Gasteiger partial charge is 0.486 e. The summed E-state index contributed by atoms with van der Waals surface area (Å²) in [6.45, 7) is 3.90. The highest BCUT2D eigenvalue weighted by atomic mass is 35.5. The van der Waals surface area contributed by atoms with Crippen LogP contribution in [0.1, 0.15) is 58.8 Å². The summed E-state index contributed by atoms with van der Waals surface area (Å²) in [4.78, 5) is 25.4. The minimum absolute atomic E-state index is 0.0450. The van der Waals surface area contributed by atoms with Crippen LogP contribution in [0.25, 0.3) is 0 Å². The molecule has 34 heavy (non-hydrogen) atoms. The van der Waals surface area contributed by atoms with E-state index in [1.54, 1.807) is 18.2 Å². The average Bonchev–Trinajstić information content (AvgIpc) is 3.06. The fourth-order valence-corrected chi connectivity index (χ4v) is 8.27. The minimum atomic E-state index is -1.56. The molecule has 0 aromatic heterocycles. The highest BCUT2D eigenvalue weighted by molar-refractivity contribution is 6.42. The van der Waals surface area contributed by atoms with Crippen LogP contribution < -0.4 is 4.74 Å². The number of rotatable bonds is 4. The van der Waals surface area contributed by atoms with Gasteiger partial charge >= 0.3 is 0 Å². The molecule has 5 nitrogen and oxygen atoms in total. The summed E-state index contributed by atoms with van der Waals surface area (Å²) < 4.78 is 5.68. The van der Waals surface area contributed by atoms with Crippen LogP contribution in [0.5, 0.6) is 5.75 Å². The molecular formula is C27H32Cl2O5. The van der Waals surface area contributed by atoms with E-state index in [9.17, 15) is 19.8 Å². The molecule has 7 atom stereocenters. The Morgan fingerprint density at radius 2 is 1.91 bits per heavy atom. The zero-order chi connectivity index (χ0) is 24.5. The number of carbonyl (C=O) groups is 2. The van der Waals surface area contributed by atoms with Crippen molar-refractivity contribution in [3.05, 3.63) is 39.9 Å². The molecule has 5 rings (SSSR count). The van der Waals surface area contributed by atoms with Crippen LogP contribution in [0.15, 0.2) is 29.8 Å². The molecule has 2 N–H and O–H groups in total. The first-order chi connectivity index (χ1) is 16.0. The van der Waals surface area contributed by atoms with Gasteiger partial charge in [-0.15, -0.1) is 0 Å². The third-order valence-electron chi connectivity index (χ3n) is 9.77. The van der Waals surface area contributed by atoms with E-state index in [0.29, 0.717) is 35.1 Å². The van der Waals surface area contributed by atoms with E-state index >= 15 is 0 Å². The highest BCUT2D eigenvalue weighted by Gasteiger charge is 2.68. The van der Waals surface area contributed by atoms with Crippen molar-refractivity contribution in [2.45, 2.75) is 70.5 Å². The van der Waals surface area contributed by atoms with E-state index in [1.165, 1.54) is 5.57 Å². The Morgan fingerprint density at radius 3 is 2.65 bits per heavy atom. The Labute approximate surface area is 210 Å². The number of halogens is 2. The molecule has 0 aliphatic heterocycles. The highest BCUT2D eigenvalue weighted by Crippen LogP contribution is 2.67. The molecule has 0 spiro atoms. The molecule has 0 heterocycles. The van der Waals surface area contributed by atoms with Gasteiger partial charge < -0.3 is 14.9 Å². The smallest absolute Gasteiger partial charge is 0.202 e. The van der Waals surface area contributed by atoms with E-state index in [4.69, 9.17) is 27.9 Å². The Hall–Kier alpha value is -1.40. The van der Waals surface area contributed by atoms with Gasteiger partial charge in [-0.05, 0) is 79.9 Å². The fraction of sp³-hybridized carbons (Fsp3) is 0.630. The molecule has 1 aromatic rings. The number of aliphatic hydroxyl groups excluding tert-OH is 1. The molecule has 4 aliphatic carbocycles. The Balaban J connectivity index is 1.38. The molecule has 7 heteroatoms. The number of allylic oxidation sites excluding steroid dienone is 1. The van der Waals surface area contributed by atoms with Crippen LogP contribution in [0, 0.1) is 28.6 Å². The van der Waals surface area contributed by atoms with E-state index in [1.807, 2.05) is 13.0 Å². The lowest BCUT2D eigenvalue weighted by Crippen LogP contribution is -2.62. The van der Waals surface area contributed by atoms with Crippen LogP contribution >= 0.6 is 23.2 Å². The summed E-state index contributed by atoms with van der Waals surface area (Å²) in [5, 5.41) is 24.0. The molecule has 3 saturated carbocycles. The number of aliphatic hydroxyl groups is 2. The summed E-state index contributed by atoms with van der Waals surface area (Å²) in [6.07, 6.45) is 5.66. The van der Waals surface area contributed by atoms with E-state index < -0.39 is 17.1 Å². The minimum Gasteiger partial charge on any atom is -0.486 e. The van der Waals surface area contributed by atoms with Gasteiger partial charge in [-0.2, -0.15) is 0 Å². The molecule has 0 bridgehead atoms. The SMILES string of the molecule is CC12CCC(=O)C=C1CCC1C2C(O)CC2(C)C1CC[C@]2(O)C(=O)COc1ccc(Cl)c(Cl)c1. The standard InChI is InChI=1S/C27H32Cl2O5/c1-25-9-7-16(30)11-15(25)3-5-18-19-8-10-27(33,26(19,2)13-22(31)24(18)25)23(32)14-34-17-4-6-20(28)21(29)12-17/h4,6,11-12,18-19,22,24,31,33H,3,5,7-10,13-14H2,1-2H3/t18?,19?,22?,24?,25?,26?,27-/m0/s1. The van der Waals surface area contributed by atoms with Crippen molar-refractivity contribution in [3.8, 4) is 5.75 Å². The van der Waals surface area contributed by atoms with Gasteiger partial charge in [-0.3, -0.25) is 9.59 Å². The van der Waals surface area contributed by atoms with E-state index in [0.717, 1.165) is 25.7 Å². The Kier molecular flexibility index (Phi) is 5.95. The number of hydrogen-bond donors (Lipinski definition) is 2. The predicted molar refractivity (Wildman–Crippen MR) is 130 cm³/mol. The molecule has 1 aromatic carbocycles. The first-order valence-electron chi connectivity index (χ1n) is 12.2. The first kappa shape index (κ1) is 24.3. The summed E-state index contributed by atoms with van der Waals surface area (Å²) >= 11 is 12.0. The molecule has 0 amide bonds. The van der Waals surface area contributed by atoms with Gasteiger partial charge in [0.25, 0.3) is 0 Å².